The van der Waals surface area contributed by atoms with Crippen LogP contribution in [-0.4, -0.2) is 31.8 Å². The molecule has 1 N–H and O–H groups in total. The Morgan fingerprint density at radius 2 is 2.64 bits per heavy atom. The molecule has 2 atom stereocenters. The largest absolute Gasteiger partial charge is 0.392 e. The van der Waals surface area contributed by atoms with Gasteiger partial charge in [-0.05, 0) is 18.6 Å². The number of thioether (sulfide) groups is 1. The average Bonchev–Trinajstić information content (AvgIpc) is 2.77. The van der Waals surface area contributed by atoms with Gasteiger partial charge in [-0.2, -0.15) is 11.8 Å². The zero-order valence-electron chi connectivity index (χ0n) is 8.39. The number of rotatable bonds is 3. The number of aryl methyl sites for hydroxylation is 1. The third-order valence-corrected chi connectivity index (χ3v) is 4.21. The van der Waals surface area contributed by atoms with Crippen LogP contribution in [0.25, 0.3) is 0 Å². The van der Waals surface area contributed by atoms with Crippen molar-refractivity contribution in [2.75, 3.05) is 5.75 Å². The van der Waals surface area contributed by atoms with Crippen LogP contribution in [0.2, 0.25) is 0 Å². The lowest BCUT2D eigenvalue weighted by Crippen LogP contribution is -2.24. The SMILES string of the molecule is Cn1ccnc1CC(O)C1CCCS1. The van der Waals surface area contributed by atoms with Crippen LogP contribution < -0.4 is 0 Å². The lowest BCUT2D eigenvalue weighted by molar-refractivity contribution is 0.167. The number of nitrogens with zero attached hydrogens (tertiary/aromatic N) is 2. The van der Waals surface area contributed by atoms with E-state index in [1.807, 2.05) is 29.6 Å². The molecule has 14 heavy (non-hydrogen) atoms. The van der Waals surface area contributed by atoms with Crippen LogP contribution in [0.5, 0.6) is 0 Å². The number of imidazole rings is 1. The van der Waals surface area contributed by atoms with Gasteiger partial charge in [0.05, 0.1) is 6.10 Å². The fourth-order valence-corrected chi connectivity index (χ4v) is 3.11. The van der Waals surface area contributed by atoms with Crippen LogP contribution in [0.1, 0.15) is 18.7 Å². The first-order valence-corrected chi connectivity index (χ1v) is 6.08. The molecule has 4 heteroatoms. The second-order valence-electron chi connectivity index (χ2n) is 3.78. The highest BCUT2D eigenvalue weighted by Gasteiger charge is 2.24. The molecule has 0 spiro atoms. The Morgan fingerprint density at radius 3 is 3.21 bits per heavy atom. The molecule has 0 aromatic carbocycles. The minimum Gasteiger partial charge on any atom is -0.392 e. The third kappa shape index (κ3) is 2.12. The van der Waals surface area contributed by atoms with Gasteiger partial charge in [0.25, 0.3) is 0 Å². The molecule has 2 rings (SSSR count). The van der Waals surface area contributed by atoms with Crippen LogP contribution in [0.4, 0.5) is 0 Å². The molecule has 1 saturated heterocycles. The highest BCUT2D eigenvalue weighted by Crippen LogP contribution is 2.29. The van der Waals surface area contributed by atoms with Gasteiger partial charge in [-0.25, -0.2) is 4.98 Å². The van der Waals surface area contributed by atoms with Crippen molar-refractivity contribution in [2.24, 2.45) is 7.05 Å². The summed E-state index contributed by atoms with van der Waals surface area (Å²) in [6.07, 6.45) is 6.54. The second-order valence-corrected chi connectivity index (χ2v) is 5.12. The Bertz CT molecular complexity index is 294. The molecule has 2 heterocycles. The van der Waals surface area contributed by atoms with Crippen molar-refractivity contribution in [2.45, 2.75) is 30.6 Å². The second kappa shape index (κ2) is 4.36. The van der Waals surface area contributed by atoms with Crippen LogP contribution in [0.3, 0.4) is 0 Å². The molecule has 0 bridgehead atoms. The van der Waals surface area contributed by atoms with E-state index in [2.05, 4.69) is 4.98 Å². The summed E-state index contributed by atoms with van der Waals surface area (Å²) in [4.78, 5) is 4.22. The molecule has 1 aromatic rings. The first-order chi connectivity index (χ1) is 6.77. The van der Waals surface area contributed by atoms with Gasteiger partial charge in [0.1, 0.15) is 5.82 Å². The van der Waals surface area contributed by atoms with E-state index >= 15 is 0 Å². The van der Waals surface area contributed by atoms with Gasteiger partial charge in [-0.3, -0.25) is 0 Å². The summed E-state index contributed by atoms with van der Waals surface area (Å²) in [6, 6.07) is 0. The predicted octanol–water partition coefficient (Wildman–Crippen LogP) is 1.22. The molecule has 78 valence electrons. The van der Waals surface area contributed by atoms with Gasteiger partial charge in [0.15, 0.2) is 0 Å². The van der Waals surface area contributed by atoms with Gasteiger partial charge < -0.3 is 9.67 Å². The van der Waals surface area contributed by atoms with Crippen LogP contribution >= 0.6 is 11.8 Å². The zero-order chi connectivity index (χ0) is 9.97. The first-order valence-electron chi connectivity index (χ1n) is 5.03. The van der Waals surface area contributed by atoms with Crippen molar-refractivity contribution in [3.05, 3.63) is 18.2 Å². The normalized spacial score (nSPS) is 24.0. The summed E-state index contributed by atoms with van der Waals surface area (Å²) in [6.45, 7) is 0. The van der Waals surface area contributed by atoms with E-state index in [1.54, 1.807) is 6.20 Å². The number of hydrogen-bond donors (Lipinski definition) is 1. The van der Waals surface area contributed by atoms with Gasteiger partial charge in [-0.15, -0.1) is 0 Å². The van der Waals surface area contributed by atoms with E-state index in [0.29, 0.717) is 11.7 Å². The van der Waals surface area contributed by atoms with Gasteiger partial charge in [0.2, 0.25) is 0 Å². The lowest BCUT2D eigenvalue weighted by Gasteiger charge is -2.16. The zero-order valence-corrected chi connectivity index (χ0v) is 9.20. The minimum atomic E-state index is -0.233. The van der Waals surface area contributed by atoms with Crippen LogP contribution in [-0.2, 0) is 13.5 Å². The predicted molar refractivity (Wildman–Crippen MR) is 58.4 cm³/mol. The first kappa shape index (κ1) is 10.1. The Hall–Kier alpha value is -0.480. The van der Waals surface area contributed by atoms with Crippen molar-refractivity contribution in [1.82, 2.24) is 9.55 Å². The maximum Gasteiger partial charge on any atom is 0.110 e. The maximum atomic E-state index is 9.97. The highest BCUT2D eigenvalue weighted by atomic mass is 32.2. The summed E-state index contributed by atoms with van der Waals surface area (Å²) in [5, 5.41) is 10.4. The Morgan fingerprint density at radius 1 is 1.79 bits per heavy atom. The molecule has 1 aromatic heterocycles. The summed E-state index contributed by atoms with van der Waals surface area (Å²) in [5.41, 5.74) is 0. The van der Waals surface area contributed by atoms with Crippen molar-refractivity contribution in [1.29, 1.82) is 0 Å². The summed E-state index contributed by atoms with van der Waals surface area (Å²) >= 11 is 1.89. The molecule has 0 radical (unpaired) electrons. The maximum absolute atomic E-state index is 9.97. The van der Waals surface area contributed by atoms with E-state index in [0.717, 1.165) is 12.2 Å². The van der Waals surface area contributed by atoms with Gasteiger partial charge in [0, 0.05) is 31.1 Å². The standard InChI is InChI=1S/C10H16N2OS/c1-12-5-4-11-10(12)7-8(13)9-3-2-6-14-9/h4-5,8-9,13H,2-3,6-7H2,1H3. The van der Waals surface area contributed by atoms with E-state index in [4.69, 9.17) is 0 Å². The summed E-state index contributed by atoms with van der Waals surface area (Å²) in [5.74, 6) is 2.17. The molecule has 0 saturated carbocycles. The van der Waals surface area contributed by atoms with E-state index in [9.17, 15) is 5.11 Å². The number of aliphatic hydroxyl groups is 1. The number of aromatic nitrogens is 2. The molecular formula is C10H16N2OS. The topological polar surface area (TPSA) is 38.0 Å². The summed E-state index contributed by atoms with van der Waals surface area (Å²) < 4.78 is 1.98. The van der Waals surface area contributed by atoms with Crippen LogP contribution in [0, 0.1) is 0 Å². The van der Waals surface area contributed by atoms with Crippen LogP contribution in [0.15, 0.2) is 12.4 Å². The quantitative estimate of drug-likeness (QED) is 0.818. The van der Waals surface area contributed by atoms with Crippen molar-refractivity contribution in [3.63, 3.8) is 0 Å². The molecule has 0 aliphatic carbocycles. The minimum absolute atomic E-state index is 0.233. The smallest absolute Gasteiger partial charge is 0.110 e. The summed E-state index contributed by atoms with van der Waals surface area (Å²) in [7, 11) is 1.97. The number of hydrogen-bond acceptors (Lipinski definition) is 3. The van der Waals surface area contributed by atoms with Crippen molar-refractivity contribution < 1.29 is 5.11 Å². The molecular weight excluding hydrogens is 196 g/mol. The fourth-order valence-electron chi connectivity index (χ4n) is 1.82. The lowest BCUT2D eigenvalue weighted by atomic mass is 10.1. The van der Waals surface area contributed by atoms with E-state index in [-0.39, 0.29) is 6.10 Å². The number of aliphatic hydroxyl groups excluding tert-OH is 1. The molecule has 1 fully saturated rings. The van der Waals surface area contributed by atoms with Crippen molar-refractivity contribution >= 4 is 11.8 Å². The third-order valence-electron chi connectivity index (χ3n) is 2.71. The molecule has 1 aliphatic heterocycles. The molecule has 2 unspecified atom stereocenters. The van der Waals surface area contributed by atoms with Gasteiger partial charge >= 0.3 is 0 Å². The monoisotopic (exact) mass is 212 g/mol. The molecule has 1 aliphatic rings. The highest BCUT2D eigenvalue weighted by molar-refractivity contribution is 8.00. The molecule has 0 amide bonds. The Balaban J connectivity index is 1.93. The van der Waals surface area contributed by atoms with E-state index < -0.39 is 0 Å². The Kier molecular flexibility index (Phi) is 3.13. The van der Waals surface area contributed by atoms with E-state index in [1.165, 1.54) is 12.2 Å². The Labute approximate surface area is 88.5 Å². The van der Waals surface area contributed by atoms with Gasteiger partial charge in [-0.1, -0.05) is 0 Å². The molecule has 3 nitrogen and oxygen atoms in total. The average molecular weight is 212 g/mol. The fraction of sp³-hybridized carbons (Fsp3) is 0.700. The van der Waals surface area contributed by atoms with Crippen molar-refractivity contribution in [3.8, 4) is 0 Å².